The summed E-state index contributed by atoms with van der Waals surface area (Å²) in [7, 11) is 0. The summed E-state index contributed by atoms with van der Waals surface area (Å²) in [4.78, 5) is 32.9. The molecule has 11 heteroatoms. The number of hydrogen-bond acceptors (Lipinski definition) is 8. The van der Waals surface area contributed by atoms with Crippen LogP contribution in [-0.4, -0.2) is 90.7 Å². The Balaban J connectivity index is 0. The Bertz CT molecular complexity index is 631. The van der Waals surface area contributed by atoms with E-state index in [-0.39, 0.29) is 12.3 Å². The molecule has 0 saturated heterocycles. The highest BCUT2D eigenvalue weighted by atomic mass is 16.4. The molecule has 1 amide bonds. The number of rotatable bonds is 23. The molecule has 0 rings (SSSR count). The largest absolute Gasteiger partial charge is 0.481 e. The molecule has 0 fully saturated rings. The Labute approximate surface area is 233 Å². The molecule has 0 radical (unpaired) electrons. The van der Waals surface area contributed by atoms with Gasteiger partial charge in [0, 0.05) is 6.42 Å². The van der Waals surface area contributed by atoms with E-state index in [0.717, 1.165) is 12.8 Å². The molecule has 0 aromatic heterocycles. The molecule has 0 heterocycles. The van der Waals surface area contributed by atoms with Gasteiger partial charge in [0.2, 0.25) is 0 Å². The second-order valence-electron chi connectivity index (χ2n) is 10.6. The van der Waals surface area contributed by atoms with Gasteiger partial charge in [0.25, 0.3) is 5.91 Å². The van der Waals surface area contributed by atoms with Gasteiger partial charge in [0.15, 0.2) is 6.10 Å². The number of hydrogen-bond donors (Lipinski definition) is 8. The summed E-state index contributed by atoms with van der Waals surface area (Å²) < 4.78 is 0. The fourth-order valence-electron chi connectivity index (χ4n) is 3.92. The first kappa shape index (κ1) is 39.4. The predicted molar refractivity (Wildman–Crippen MR) is 148 cm³/mol. The maximum atomic E-state index is 11.7. The van der Waals surface area contributed by atoms with Gasteiger partial charge >= 0.3 is 11.9 Å². The van der Waals surface area contributed by atoms with E-state index in [1.54, 1.807) is 13.8 Å². The smallest absolute Gasteiger partial charge is 0.326 e. The molecule has 0 aliphatic rings. The van der Waals surface area contributed by atoms with Crippen molar-refractivity contribution in [2.45, 2.75) is 148 Å². The van der Waals surface area contributed by atoms with Gasteiger partial charge in [-0.3, -0.25) is 9.59 Å². The van der Waals surface area contributed by atoms with Crippen LogP contribution in [0.5, 0.6) is 0 Å². The van der Waals surface area contributed by atoms with Crippen LogP contribution in [0.15, 0.2) is 0 Å². The molecule has 0 aliphatic heterocycles. The molecule has 0 aromatic rings. The van der Waals surface area contributed by atoms with Gasteiger partial charge in [-0.25, -0.2) is 4.79 Å². The summed E-state index contributed by atoms with van der Waals surface area (Å²) >= 11 is 0. The first-order valence-corrected chi connectivity index (χ1v) is 14.5. The van der Waals surface area contributed by atoms with Crippen LogP contribution in [0.25, 0.3) is 0 Å². The summed E-state index contributed by atoms with van der Waals surface area (Å²) in [5.41, 5.74) is 0. The molecule has 0 aliphatic carbocycles. The number of nitrogens with one attached hydrogen (secondary N) is 1. The molecule has 0 spiro atoms. The van der Waals surface area contributed by atoms with Crippen molar-refractivity contribution in [1.29, 1.82) is 0 Å². The fourth-order valence-corrected chi connectivity index (χ4v) is 3.92. The highest BCUT2D eigenvalue weighted by Crippen LogP contribution is 2.13. The standard InChI is InChI=1S/C16H32O2.C12H23NO8/c1-2-3-4-5-6-7-8-9-10-11-12-13-14-15-16(17)18;1-5(2)3-6(12(20)21)13-11(19)10(18)9(17)8(16)7(15)4-14/h2-15H2,1H3,(H,17,18);5-10,14-18H,3-4H2,1-2H3,(H,13,19)(H,20,21). The predicted octanol–water partition coefficient (Wildman–Crippen LogP) is 2.59. The summed E-state index contributed by atoms with van der Waals surface area (Å²) in [6, 6.07) is -1.25. The van der Waals surface area contributed by atoms with Crippen LogP contribution >= 0.6 is 0 Å². The van der Waals surface area contributed by atoms with Gasteiger partial charge in [0.1, 0.15) is 24.4 Å². The Morgan fingerprint density at radius 1 is 0.692 bits per heavy atom. The van der Waals surface area contributed by atoms with Crippen molar-refractivity contribution in [3.63, 3.8) is 0 Å². The van der Waals surface area contributed by atoms with Gasteiger partial charge < -0.3 is 41.1 Å². The number of amides is 1. The van der Waals surface area contributed by atoms with Crippen LogP contribution < -0.4 is 5.32 Å². The topological polar surface area (TPSA) is 205 Å². The monoisotopic (exact) mass is 565 g/mol. The minimum absolute atomic E-state index is 0.0322. The lowest BCUT2D eigenvalue weighted by atomic mass is 10.0. The average Bonchev–Trinajstić information content (AvgIpc) is 2.88. The summed E-state index contributed by atoms with van der Waals surface area (Å²) in [6.07, 6.45) is 9.48. The summed E-state index contributed by atoms with van der Waals surface area (Å²) in [5.74, 6) is -3.18. The van der Waals surface area contributed by atoms with Gasteiger partial charge in [-0.2, -0.15) is 0 Å². The zero-order valence-electron chi connectivity index (χ0n) is 24.1. The Kier molecular flexibility index (Phi) is 25.4. The van der Waals surface area contributed by atoms with E-state index >= 15 is 0 Å². The average molecular weight is 566 g/mol. The number of aliphatic hydroxyl groups excluding tert-OH is 5. The maximum absolute atomic E-state index is 11.7. The van der Waals surface area contributed by atoms with Gasteiger partial charge in [-0.1, -0.05) is 97.8 Å². The van der Waals surface area contributed by atoms with Crippen molar-refractivity contribution in [3.8, 4) is 0 Å². The molecule has 5 unspecified atom stereocenters. The lowest BCUT2D eigenvalue weighted by Gasteiger charge is -2.26. The highest BCUT2D eigenvalue weighted by Gasteiger charge is 2.35. The van der Waals surface area contributed by atoms with Crippen LogP contribution in [-0.2, 0) is 14.4 Å². The van der Waals surface area contributed by atoms with E-state index in [9.17, 15) is 29.7 Å². The van der Waals surface area contributed by atoms with Crippen LogP contribution in [0.3, 0.4) is 0 Å². The molecule has 232 valence electrons. The summed E-state index contributed by atoms with van der Waals surface area (Å²) in [6.45, 7) is 4.87. The van der Waals surface area contributed by atoms with Crippen molar-refractivity contribution in [3.05, 3.63) is 0 Å². The molecular formula is C28H55NO10. The first-order valence-electron chi connectivity index (χ1n) is 14.5. The molecule has 0 saturated carbocycles. The zero-order valence-corrected chi connectivity index (χ0v) is 24.1. The van der Waals surface area contributed by atoms with Crippen molar-refractivity contribution < 1.29 is 50.1 Å². The number of carbonyl (C=O) groups is 3. The van der Waals surface area contributed by atoms with Gasteiger partial charge in [0.05, 0.1) is 6.61 Å². The van der Waals surface area contributed by atoms with Crippen LogP contribution in [0.2, 0.25) is 0 Å². The van der Waals surface area contributed by atoms with Crippen LogP contribution in [0, 0.1) is 5.92 Å². The number of aliphatic hydroxyl groups is 5. The third-order valence-electron chi connectivity index (χ3n) is 6.34. The second-order valence-corrected chi connectivity index (χ2v) is 10.6. The maximum Gasteiger partial charge on any atom is 0.326 e. The lowest BCUT2D eigenvalue weighted by molar-refractivity contribution is -0.153. The number of carbonyl (C=O) groups excluding carboxylic acids is 1. The Morgan fingerprint density at radius 3 is 1.49 bits per heavy atom. The van der Waals surface area contributed by atoms with Crippen LogP contribution in [0.1, 0.15) is 117 Å². The lowest BCUT2D eigenvalue weighted by Crippen LogP contribution is -2.54. The minimum atomic E-state index is -2.14. The van der Waals surface area contributed by atoms with E-state index in [0.29, 0.717) is 6.42 Å². The van der Waals surface area contributed by atoms with E-state index < -0.39 is 54.9 Å². The minimum Gasteiger partial charge on any atom is -0.481 e. The van der Waals surface area contributed by atoms with Crippen molar-refractivity contribution in [1.82, 2.24) is 5.32 Å². The molecule has 0 aromatic carbocycles. The Morgan fingerprint density at radius 2 is 1.13 bits per heavy atom. The molecule has 11 nitrogen and oxygen atoms in total. The van der Waals surface area contributed by atoms with Crippen molar-refractivity contribution in [2.24, 2.45) is 5.92 Å². The van der Waals surface area contributed by atoms with Gasteiger partial charge in [-0.05, 0) is 18.8 Å². The van der Waals surface area contributed by atoms with Gasteiger partial charge in [-0.15, -0.1) is 0 Å². The molecule has 5 atom stereocenters. The number of aliphatic carboxylic acids is 2. The molecular weight excluding hydrogens is 510 g/mol. The quantitative estimate of drug-likeness (QED) is 0.0850. The molecule has 0 bridgehead atoms. The Hall–Kier alpha value is -1.79. The van der Waals surface area contributed by atoms with Crippen molar-refractivity contribution in [2.75, 3.05) is 6.61 Å². The summed E-state index contributed by atoms with van der Waals surface area (Å²) in [5, 5.41) is 65.7. The highest BCUT2D eigenvalue weighted by molar-refractivity contribution is 5.86. The number of unbranched alkanes of at least 4 members (excludes halogenated alkanes) is 12. The van der Waals surface area contributed by atoms with Crippen molar-refractivity contribution >= 4 is 17.8 Å². The van der Waals surface area contributed by atoms with Crippen LogP contribution in [0.4, 0.5) is 0 Å². The third kappa shape index (κ3) is 22.7. The fraction of sp³-hybridized carbons (Fsp3) is 0.893. The first-order chi connectivity index (χ1) is 18.4. The number of carboxylic acids is 2. The van der Waals surface area contributed by atoms with E-state index in [4.69, 9.17) is 20.4 Å². The van der Waals surface area contributed by atoms with E-state index in [1.165, 1.54) is 70.6 Å². The zero-order chi connectivity index (χ0) is 30.2. The van der Waals surface area contributed by atoms with E-state index in [2.05, 4.69) is 6.92 Å². The normalized spacial score (nSPS) is 15.0. The SMILES string of the molecule is CC(C)CC(NC(=O)C(O)C(O)C(O)C(O)CO)C(=O)O.CCCCCCCCCCCCCCCC(=O)O. The molecule has 39 heavy (non-hydrogen) atoms. The third-order valence-corrected chi connectivity index (χ3v) is 6.34. The number of carboxylic acid groups (broad SMARTS) is 2. The second kappa shape index (κ2) is 25.2. The van der Waals surface area contributed by atoms with E-state index in [1.807, 2.05) is 5.32 Å². The molecule has 8 N–H and O–H groups in total.